The summed E-state index contributed by atoms with van der Waals surface area (Å²) in [5.41, 5.74) is 0.508. The highest BCUT2D eigenvalue weighted by molar-refractivity contribution is 5.43. The molecule has 0 aliphatic heterocycles. The SMILES string of the molecule is COc1cc(CNCC2(O)CCCCC2)ccc1OC[C@@H](O)CN(C)C(C)C. The summed E-state index contributed by atoms with van der Waals surface area (Å²) in [4.78, 5) is 2.08. The lowest BCUT2D eigenvalue weighted by Gasteiger charge is -2.32. The summed E-state index contributed by atoms with van der Waals surface area (Å²) >= 11 is 0. The van der Waals surface area contributed by atoms with E-state index in [9.17, 15) is 10.2 Å². The van der Waals surface area contributed by atoms with Gasteiger partial charge < -0.3 is 29.9 Å². The molecular weight excluding hydrogens is 356 g/mol. The molecule has 0 heterocycles. The van der Waals surface area contributed by atoms with Gasteiger partial charge in [0.1, 0.15) is 12.7 Å². The third kappa shape index (κ3) is 7.24. The van der Waals surface area contributed by atoms with Gasteiger partial charge in [-0.05, 0) is 51.4 Å². The molecule has 0 saturated heterocycles. The molecule has 0 unspecified atom stereocenters. The molecule has 0 spiro atoms. The van der Waals surface area contributed by atoms with E-state index in [4.69, 9.17) is 9.47 Å². The van der Waals surface area contributed by atoms with E-state index in [1.807, 2.05) is 25.2 Å². The summed E-state index contributed by atoms with van der Waals surface area (Å²) in [7, 11) is 3.60. The van der Waals surface area contributed by atoms with Crippen LogP contribution in [0.25, 0.3) is 0 Å². The van der Waals surface area contributed by atoms with Crippen LogP contribution >= 0.6 is 0 Å². The van der Waals surface area contributed by atoms with Crippen LogP contribution in [0.15, 0.2) is 18.2 Å². The summed E-state index contributed by atoms with van der Waals surface area (Å²) in [6.45, 7) is 6.25. The van der Waals surface area contributed by atoms with E-state index in [-0.39, 0.29) is 6.61 Å². The van der Waals surface area contributed by atoms with Gasteiger partial charge in [-0.1, -0.05) is 25.3 Å². The molecule has 2 rings (SSSR count). The molecule has 1 atom stereocenters. The quantitative estimate of drug-likeness (QED) is 0.536. The van der Waals surface area contributed by atoms with E-state index in [0.717, 1.165) is 31.2 Å². The Kier molecular flexibility index (Phi) is 9.02. The number of nitrogens with zero attached hydrogens (tertiary/aromatic N) is 1. The zero-order valence-electron chi connectivity index (χ0n) is 17.9. The van der Waals surface area contributed by atoms with Crippen molar-refractivity contribution < 1.29 is 19.7 Å². The lowest BCUT2D eigenvalue weighted by molar-refractivity contribution is 0.00467. The van der Waals surface area contributed by atoms with Crippen molar-refractivity contribution in [1.82, 2.24) is 10.2 Å². The third-order valence-corrected chi connectivity index (χ3v) is 5.61. The fraction of sp³-hybridized carbons (Fsp3) is 0.727. The van der Waals surface area contributed by atoms with Crippen LogP contribution in [0, 0.1) is 0 Å². The maximum absolute atomic E-state index is 10.6. The Labute approximate surface area is 169 Å². The Balaban J connectivity index is 1.83. The molecule has 6 nitrogen and oxygen atoms in total. The lowest BCUT2D eigenvalue weighted by Crippen LogP contribution is -2.41. The number of aliphatic hydroxyl groups excluding tert-OH is 1. The molecule has 1 aliphatic rings. The van der Waals surface area contributed by atoms with Crippen molar-refractivity contribution in [1.29, 1.82) is 0 Å². The first kappa shape index (κ1) is 22.9. The van der Waals surface area contributed by atoms with Crippen LogP contribution in [-0.2, 0) is 6.54 Å². The van der Waals surface area contributed by atoms with Crippen molar-refractivity contribution in [3.8, 4) is 11.5 Å². The van der Waals surface area contributed by atoms with Gasteiger partial charge in [-0.2, -0.15) is 0 Å². The molecule has 0 bridgehead atoms. The first-order valence-corrected chi connectivity index (χ1v) is 10.4. The summed E-state index contributed by atoms with van der Waals surface area (Å²) in [6.07, 6.45) is 4.64. The van der Waals surface area contributed by atoms with E-state index >= 15 is 0 Å². The average molecular weight is 395 g/mol. The fourth-order valence-corrected chi connectivity index (χ4v) is 3.55. The van der Waals surface area contributed by atoms with Crippen molar-refractivity contribution in [2.45, 2.75) is 70.2 Å². The van der Waals surface area contributed by atoms with Crippen LogP contribution in [0.4, 0.5) is 0 Å². The van der Waals surface area contributed by atoms with Gasteiger partial charge in [0.2, 0.25) is 0 Å². The van der Waals surface area contributed by atoms with E-state index in [2.05, 4.69) is 24.1 Å². The zero-order chi connectivity index (χ0) is 20.6. The highest BCUT2D eigenvalue weighted by Crippen LogP contribution is 2.29. The number of rotatable bonds is 11. The van der Waals surface area contributed by atoms with Gasteiger partial charge in [0.25, 0.3) is 0 Å². The second kappa shape index (κ2) is 11.0. The molecule has 0 amide bonds. The van der Waals surface area contributed by atoms with E-state index in [0.29, 0.717) is 37.2 Å². The number of nitrogens with one attached hydrogen (secondary N) is 1. The van der Waals surface area contributed by atoms with Crippen molar-refractivity contribution >= 4 is 0 Å². The van der Waals surface area contributed by atoms with Gasteiger partial charge in [-0.25, -0.2) is 0 Å². The van der Waals surface area contributed by atoms with Crippen LogP contribution in [0.5, 0.6) is 11.5 Å². The van der Waals surface area contributed by atoms with Gasteiger partial charge in [-0.3, -0.25) is 0 Å². The summed E-state index contributed by atoms with van der Waals surface area (Å²) in [5.74, 6) is 1.28. The summed E-state index contributed by atoms with van der Waals surface area (Å²) < 4.78 is 11.2. The molecule has 6 heteroatoms. The summed E-state index contributed by atoms with van der Waals surface area (Å²) in [6, 6.07) is 6.19. The number of likely N-dealkylation sites (N-methyl/N-ethyl adjacent to an activating group) is 1. The minimum Gasteiger partial charge on any atom is -0.493 e. The average Bonchev–Trinajstić information content (AvgIpc) is 2.67. The van der Waals surface area contributed by atoms with Crippen molar-refractivity contribution in [3.05, 3.63) is 23.8 Å². The van der Waals surface area contributed by atoms with Gasteiger partial charge in [0.15, 0.2) is 11.5 Å². The first-order valence-electron chi connectivity index (χ1n) is 10.4. The number of methoxy groups -OCH3 is 1. The second-order valence-corrected chi connectivity index (χ2v) is 8.37. The number of aliphatic hydroxyl groups is 2. The van der Waals surface area contributed by atoms with Gasteiger partial charge >= 0.3 is 0 Å². The maximum Gasteiger partial charge on any atom is 0.161 e. The Bertz CT molecular complexity index is 588. The zero-order valence-corrected chi connectivity index (χ0v) is 17.9. The fourth-order valence-electron chi connectivity index (χ4n) is 3.55. The molecule has 0 aromatic heterocycles. The lowest BCUT2D eigenvalue weighted by atomic mass is 9.85. The number of benzene rings is 1. The maximum atomic E-state index is 10.6. The monoisotopic (exact) mass is 394 g/mol. The molecule has 28 heavy (non-hydrogen) atoms. The normalized spacial score (nSPS) is 17.7. The van der Waals surface area contributed by atoms with Crippen LogP contribution in [0.3, 0.4) is 0 Å². The molecule has 1 saturated carbocycles. The Morgan fingerprint density at radius 2 is 1.89 bits per heavy atom. The molecule has 160 valence electrons. The molecule has 1 aromatic rings. The molecule has 1 aromatic carbocycles. The van der Waals surface area contributed by atoms with Crippen LogP contribution in [0.2, 0.25) is 0 Å². The number of ether oxygens (including phenoxy) is 2. The minimum atomic E-state index is -0.565. The van der Waals surface area contributed by atoms with Crippen molar-refractivity contribution in [2.24, 2.45) is 0 Å². The molecule has 1 aliphatic carbocycles. The van der Waals surface area contributed by atoms with Crippen LogP contribution in [0.1, 0.15) is 51.5 Å². The smallest absolute Gasteiger partial charge is 0.161 e. The Morgan fingerprint density at radius 3 is 2.54 bits per heavy atom. The highest BCUT2D eigenvalue weighted by atomic mass is 16.5. The van der Waals surface area contributed by atoms with Crippen LogP contribution in [-0.4, -0.2) is 66.7 Å². The Morgan fingerprint density at radius 1 is 1.18 bits per heavy atom. The minimum absolute atomic E-state index is 0.220. The van der Waals surface area contributed by atoms with Gasteiger partial charge in [0, 0.05) is 25.7 Å². The van der Waals surface area contributed by atoms with Gasteiger partial charge in [0.05, 0.1) is 12.7 Å². The molecule has 0 radical (unpaired) electrons. The third-order valence-electron chi connectivity index (χ3n) is 5.61. The predicted molar refractivity (Wildman–Crippen MR) is 112 cm³/mol. The summed E-state index contributed by atoms with van der Waals surface area (Å²) in [5, 5.41) is 24.1. The first-order chi connectivity index (χ1) is 13.3. The molecular formula is C22H38N2O4. The standard InChI is InChI=1S/C22H38N2O4/c1-17(2)24(3)14-19(25)15-28-20-9-8-18(12-21(20)27-4)13-23-16-22(26)10-6-5-7-11-22/h8-9,12,17,19,23,25-26H,5-7,10-11,13-16H2,1-4H3/t19-/m0/s1. The molecule has 3 N–H and O–H groups in total. The van der Waals surface area contributed by atoms with E-state index in [1.165, 1.54) is 6.42 Å². The van der Waals surface area contributed by atoms with Crippen LogP contribution < -0.4 is 14.8 Å². The largest absolute Gasteiger partial charge is 0.493 e. The Hall–Kier alpha value is -1.34. The van der Waals surface area contributed by atoms with Crippen molar-refractivity contribution in [2.75, 3.05) is 33.9 Å². The number of hydrogen-bond acceptors (Lipinski definition) is 6. The van der Waals surface area contributed by atoms with E-state index < -0.39 is 11.7 Å². The second-order valence-electron chi connectivity index (χ2n) is 8.37. The van der Waals surface area contributed by atoms with Gasteiger partial charge in [-0.15, -0.1) is 0 Å². The number of hydrogen-bond donors (Lipinski definition) is 3. The highest BCUT2D eigenvalue weighted by Gasteiger charge is 2.28. The predicted octanol–water partition coefficient (Wildman–Crippen LogP) is 2.56. The van der Waals surface area contributed by atoms with E-state index in [1.54, 1.807) is 7.11 Å². The van der Waals surface area contributed by atoms with Crippen molar-refractivity contribution in [3.63, 3.8) is 0 Å². The topological polar surface area (TPSA) is 74.2 Å². The molecule has 1 fully saturated rings.